The van der Waals surface area contributed by atoms with Crippen LogP contribution >= 0.6 is 0 Å². The first-order valence-electron chi connectivity index (χ1n) is 11.1. The molecule has 0 aromatic heterocycles. The highest BCUT2D eigenvalue weighted by Gasteiger charge is 2.34. The van der Waals surface area contributed by atoms with E-state index in [0.29, 0.717) is 24.4 Å². The molecule has 1 aliphatic rings. The summed E-state index contributed by atoms with van der Waals surface area (Å²) in [5.74, 6) is 0.338. The quantitative estimate of drug-likeness (QED) is 0.623. The minimum atomic E-state index is -0.546. The van der Waals surface area contributed by atoms with Crippen molar-refractivity contribution in [3.8, 4) is 5.75 Å². The molecule has 1 N–H and O–H groups in total. The average Bonchev–Trinajstić information content (AvgIpc) is 2.75. The first-order valence-corrected chi connectivity index (χ1v) is 11.1. The normalized spacial score (nSPS) is 15.3. The molecule has 31 heavy (non-hydrogen) atoms. The number of ether oxygens (including phenoxy) is 1. The van der Waals surface area contributed by atoms with Gasteiger partial charge in [-0.25, -0.2) is 0 Å². The third-order valence-electron chi connectivity index (χ3n) is 5.56. The Hall–Kier alpha value is -3.02. The standard InChI is InChI=1S/C25H33N3O3/c1-5-22-25(30)28(21-16-19(4)11-12-23(21)31-22)17-24(29)26-13-8-14-27(6-2)20-10-7-9-18(3)15-20/h7,9-12,15-16,22H,5-6,8,13-14,17H2,1-4H3,(H,26,29). The van der Waals surface area contributed by atoms with Crippen molar-refractivity contribution in [3.05, 3.63) is 53.6 Å². The smallest absolute Gasteiger partial charge is 0.268 e. The predicted molar refractivity (Wildman–Crippen MR) is 125 cm³/mol. The van der Waals surface area contributed by atoms with Gasteiger partial charge in [-0.3, -0.25) is 14.5 Å². The molecule has 2 aromatic rings. The number of carbonyl (C=O) groups excluding carboxylic acids is 2. The third kappa shape index (κ3) is 5.57. The molecule has 0 saturated heterocycles. The number of aryl methyl sites for hydroxylation is 2. The summed E-state index contributed by atoms with van der Waals surface area (Å²) < 4.78 is 5.82. The van der Waals surface area contributed by atoms with Gasteiger partial charge in [-0.1, -0.05) is 25.1 Å². The van der Waals surface area contributed by atoms with Crippen molar-refractivity contribution in [2.24, 2.45) is 0 Å². The van der Waals surface area contributed by atoms with E-state index in [1.54, 1.807) is 4.90 Å². The van der Waals surface area contributed by atoms with Gasteiger partial charge in [0.25, 0.3) is 5.91 Å². The molecule has 0 radical (unpaired) electrons. The number of amides is 2. The minimum Gasteiger partial charge on any atom is -0.478 e. The monoisotopic (exact) mass is 423 g/mol. The molecule has 0 saturated carbocycles. The van der Waals surface area contributed by atoms with Gasteiger partial charge in [0.1, 0.15) is 12.3 Å². The summed E-state index contributed by atoms with van der Waals surface area (Å²) in [6.07, 6.45) is 0.851. The molecule has 6 nitrogen and oxygen atoms in total. The number of hydrogen-bond acceptors (Lipinski definition) is 4. The fourth-order valence-corrected chi connectivity index (χ4v) is 3.85. The Labute approximate surface area is 185 Å². The Bertz CT molecular complexity index is 928. The summed E-state index contributed by atoms with van der Waals surface area (Å²) in [7, 11) is 0. The molecule has 1 aliphatic heterocycles. The van der Waals surface area contributed by atoms with Crippen molar-refractivity contribution < 1.29 is 14.3 Å². The summed E-state index contributed by atoms with van der Waals surface area (Å²) in [5, 5.41) is 2.97. The molecule has 0 spiro atoms. The van der Waals surface area contributed by atoms with E-state index in [-0.39, 0.29) is 18.4 Å². The van der Waals surface area contributed by atoms with Crippen LogP contribution in [-0.4, -0.2) is 44.1 Å². The van der Waals surface area contributed by atoms with Gasteiger partial charge in [-0.05, 0) is 69.0 Å². The van der Waals surface area contributed by atoms with Crippen molar-refractivity contribution in [3.63, 3.8) is 0 Å². The van der Waals surface area contributed by atoms with Gasteiger partial charge in [-0.15, -0.1) is 0 Å². The van der Waals surface area contributed by atoms with Gasteiger partial charge in [0.05, 0.1) is 5.69 Å². The molecule has 1 unspecified atom stereocenters. The van der Waals surface area contributed by atoms with Crippen LogP contribution in [0.3, 0.4) is 0 Å². The summed E-state index contributed by atoms with van der Waals surface area (Å²) >= 11 is 0. The maximum absolute atomic E-state index is 12.8. The second-order valence-corrected chi connectivity index (χ2v) is 8.03. The van der Waals surface area contributed by atoms with Crippen molar-refractivity contribution >= 4 is 23.2 Å². The minimum absolute atomic E-state index is 0.00448. The van der Waals surface area contributed by atoms with Crippen LogP contribution in [0.15, 0.2) is 42.5 Å². The molecular weight excluding hydrogens is 390 g/mol. The molecule has 0 aliphatic carbocycles. The average molecular weight is 424 g/mol. The Morgan fingerprint density at radius 3 is 2.61 bits per heavy atom. The first kappa shape index (κ1) is 22.7. The Balaban J connectivity index is 1.55. The number of rotatable bonds is 9. The summed E-state index contributed by atoms with van der Waals surface area (Å²) in [4.78, 5) is 29.3. The maximum atomic E-state index is 12.8. The second-order valence-electron chi connectivity index (χ2n) is 8.03. The fourth-order valence-electron chi connectivity index (χ4n) is 3.85. The molecule has 2 amide bonds. The van der Waals surface area contributed by atoms with E-state index in [0.717, 1.165) is 25.1 Å². The molecule has 1 heterocycles. The van der Waals surface area contributed by atoms with E-state index in [2.05, 4.69) is 48.3 Å². The van der Waals surface area contributed by atoms with E-state index in [9.17, 15) is 9.59 Å². The van der Waals surface area contributed by atoms with Crippen LogP contribution < -0.4 is 19.9 Å². The molecule has 6 heteroatoms. The molecule has 166 valence electrons. The number of carbonyl (C=O) groups is 2. The van der Waals surface area contributed by atoms with Crippen LogP contribution in [0.4, 0.5) is 11.4 Å². The zero-order chi connectivity index (χ0) is 22.4. The lowest BCUT2D eigenvalue weighted by Gasteiger charge is -2.34. The lowest BCUT2D eigenvalue weighted by Crippen LogP contribution is -2.49. The van der Waals surface area contributed by atoms with Crippen LogP contribution in [-0.2, 0) is 9.59 Å². The fraction of sp³-hybridized carbons (Fsp3) is 0.440. The van der Waals surface area contributed by atoms with Crippen LogP contribution in [0.2, 0.25) is 0 Å². The highest BCUT2D eigenvalue weighted by Crippen LogP contribution is 2.35. The highest BCUT2D eigenvalue weighted by molar-refractivity contribution is 6.03. The van der Waals surface area contributed by atoms with Gasteiger partial charge in [0, 0.05) is 25.3 Å². The SMILES string of the molecule is CCC1Oc2ccc(C)cc2N(CC(=O)NCCCN(CC)c2cccc(C)c2)C1=O. The van der Waals surface area contributed by atoms with Crippen LogP contribution in [0.25, 0.3) is 0 Å². The zero-order valence-corrected chi connectivity index (χ0v) is 19.0. The largest absolute Gasteiger partial charge is 0.478 e. The molecule has 1 atom stereocenters. The number of hydrogen-bond donors (Lipinski definition) is 1. The summed E-state index contributed by atoms with van der Waals surface area (Å²) in [6, 6.07) is 14.2. The van der Waals surface area contributed by atoms with Crippen molar-refractivity contribution in [2.45, 2.75) is 46.6 Å². The Morgan fingerprint density at radius 1 is 1.13 bits per heavy atom. The van der Waals surface area contributed by atoms with Crippen LogP contribution in [0.5, 0.6) is 5.75 Å². The summed E-state index contributed by atoms with van der Waals surface area (Å²) in [6.45, 7) is 10.4. The van der Waals surface area contributed by atoms with E-state index in [4.69, 9.17) is 4.74 Å². The number of benzene rings is 2. The number of nitrogens with one attached hydrogen (secondary N) is 1. The molecular formula is C25H33N3O3. The maximum Gasteiger partial charge on any atom is 0.268 e. The van der Waals surface area contributed by atoms with Gasteiger partial charge in [0.2, 0.25) is 5.91 Å². The van der Waals surface area contributed by atoms with Crippen molar-refractivity contribution in [1.29, 1.82) is 0 Å². The Kier molecular flexibility index (Phi) is 7.55. The van der Waals surface area contributed by atoms with Crippen LogP contribution in [0.1, 0.15) is 37.8 Å². The molecule has 0 bridgehead atoms. The van der Waals surface area contributed by atoms with Crippen molar-refractivity contribution in [1.82, 2.24) is 5.32 Å². The lowest BCUT2D eigenvalue weighted by molar-refractivity contribution is -0.129. The van der Waals surface area contributed by atoms with E-state index >= 15 is 0 Å². The van der Waals surface area contributed by atoms with Crippen LogP contribution in [0, 0.1) is 13.8 Å². The first-order chi connectivity index (χ1) is 14.9. The van der Waals surface area contributed by atoms with Gasteiger partial charge in [0.15, 0.2) is 6.10 Å². The zero-order valence-electron chi connectivity index (χ0n) is 19.0. The topological polar surface area (TPSA) is 61.9 Å². The lowest BCUT2D eigenvalue weighted by atomic mass is 10.1. The number of fused-ring (bicyclic) bond motifs is 1. The van der Waals surface area contributed by atoms with Crippen molar-refractivity contribution in [2.75, 3.05) is 36.0 Å². The van der Waals surface area contributed by atoms with Gasteiger partial charge >= 0.3 is 0 Å². The van der Waals surface area contributed by atoms with Gasteiger partial charge in [-0.2, -0.15) is 0 Å². The highest BCUT2D eigenvalue weighted by atomic mass is 16.5. The molecule has 0 fully saturated rings. The van der Waals surface area contributed by atoms with E-state index in [1.165, 1.54) is 11.3 Å². The van der Waals surface area contributed by atoms with E-state index < -0.39 is 6.10 Å². The third-order valence-corrected chi connectivity index (χ3v) is 5.56. The second kappa shape index (κ2) is 10.3. The summed E-state index contributed by atoms with van der Waals surface area (Å²) in [5.41, 5.74) is 4.12. The predicted octanol–water partition coefficient (Wildman–Crippen LogP) is 3.84. The van der Waals surface area contributed by atoms with E-state index in [1.807, 2.05) is 32.0 Å². The number of anilines is 2. The molecule has 3 rings (SSSR count). The molecule has 2 aromatic carbocycles. The van der Waals surface area contributed by atoms with Gasteiger partial charge < -0.3 is 15.0 Å². The Morgan fingerprint density at radius 2 is 1.90 bits per heavy atom. The number of nitrogens with zero attached hydrogens (tertiary/aromatic N) is 2.